The van der Waals surface area contributed by atoms with E-state index < -0.39 is 5.41 Å². The van der Waals surface area contributed by atoms with Crippen LogP contribution in [0.3, 0.4) is 0 Å². The third kappa shape index (κ3) is 3.96. The van der Waals surface area contributed by atoms with Crippen LogP contribution in [-0.2, 0) is 14.3 Å². The fourth-order valence-corrected chi connectivity index (χ4v) is 2.16. The molecule has 1 amide bonds. The zero-order valence-electron chi connectivity index (χ0n) is 11.9. The number of carbonyl (C=O) groups excluding carboxylic acids is 2. The van der Waals surface area contributed by atoms with Crippen molar-refractivity contribution in [1.29, 1.82) is 0 Å². The molecule has 0 atom stereocenters. The minimum atomic E-state index is -0.809. The first kappa shape index (κ1) is 16.5. The van der Waals surface area contributed by atoms with Gasteiger partial charge in [0.15, 0.2) is 0 Å². The average Bonchev–Trinajstić information content (AvgIpc) is 2.37. The van der Waals surface area contributed by atoms with Gasteiger partial charge in [0, 0.05) is 11.0 Å². The van der Waals surface area contributed by atoms with Gasteiger partial charge in [-0.15, -0.1) is 0 Å². The lowest BCUT2D eigenvalue weighted by Gasteiger charge is -2.29. The lowest BCUT2D eigenvalue weighted by molar-refractivity contribution is -0.152. The number of esters is 1. The molecule has 0 aliphatic rings. The molecule has 0 radical (unpaired) electrons. The SMILES string of the molecule is CCOC(=O)C(C)(C)CN(C=O)c1ccc(Br)cc1N. The summed E-state index contributed by atoms with van der Waals surface area (Å²) < 4.78 is 5.85. The van der Waals surface area contributed by atoms with Crippen LogP contribution in [0.25, 0.3) is 0 Å². The summed E-state index contributed by atoms with van der Waals surface area (Å²) in [6.45, 7) is 5.72. The van der Waals surface area contributed by atoms with Gasteiger partial charge in [-0.3, -0.25) is 9.59 Å². The van der Waals surface area contributed by atoms with Crippen LogP contribution in [0.5, 0.6) is 0 Å². The molecule has 110 valence electrons. The first-order valence-corrected chi connectivity index (χ1v) is 7.05. The molecule has 0 heterocycles. The van der Waals surface area contributed by atoms with Crippen molar-refractivity contribution >= 4 is 39.7 Å². The van der Waals surface area contributed by atoms with Gasteiger partial charge in [0.2, 0.25) is 6.41 Å². The smallest absolute Gasteiger partial charge is 0.313 e. The summed E-state index contributed by atoms with van der Waals surface area (Å²) in [7, 11) is 0. The van der Waals surface area contributed by atoms with Crippen molar-refractivity contribution in [3.05, 3.63) is 22.7 Å². The molecule has 0 aliphatic carbocycles. The molecule has 0 saturated carbocycles. The first-order chi connectivity index (χ1) is 9.31. The molecule has 0 unspecified atom stereocenters. The lowest BCUT2D eigenvalue weighted by atomic mass is 9.93. The van der Waals surface area contributed by atoms with Gasteiger partial charge >= 0.3 is 5.97 Å². The Balaban J connectivity index is 2.97. The highest BCUT2D eigenvalue weighted by Crippen LogP contribution is 2.29. The molecule has 1 aromatic carbocycles. The summed E-state index contributed by atoms with van der Waals surface area (Å²) in [5.74, 6) is -0.345. The summed E-state index contributed by atoms with van der Waals surface area (Å²) in [6.07, 6.45) is 0.667. The van der Waals surface area contributed by atoms with Crippen LogP contribution in [0.1, 0.15) is 20.8 Å². The molecule has 0 bridgehead atoms. The number of amides is 1. The number of nitrogen functional groups attached to an aromatic ring is 1. The molecule has 0 spiro atoms. The molecule has 5 nitrogen and oxygen atoms in total. The van der Waals surface area contributed by atoms with Crippen LogP contribution in [0.4, 0.5) is 11.4 Å². The van der Waals surface area contributed by atoms with E-state index in [9.17, 15) is 9.59 Å². The van der Waals surface area contributed by atoms with Gasteiger partial charge < -0.3 is 15.4 Å². The number of ether oxygens (including phenoxy) is 1. The maximum atomic E-state index is 11.9. The zero-order valence-corrected chi connectivity index (χ0v) is 13.4. The van der Waals surface area contributed by atoms with E-state index in [0.717, 1.165) is 4.47 Å². The van der Waals surface area contributed by atoms with Gasteiger partial charge in [0.1, 0.15) is 0 Å². The van der Waals surface area contributed by atoms with Crippen molar-refractivity contribution < 1.29 is 14.3 Å². The molecule has 0 saturated heterocycles. The third-order valence-electron chi connectivity index (χ3n) is 2.82. The Morgan fingerprint density at radius 2 is 2.15 bits per heavy atom. The van der Waals surface area contributed by atoms with Gasteiger partial charge in [-0.25, -0.2) is 0 Å². The van der Waals surface area contributed by atoms with E-state index in [1.54, 1.807) is 39.0 Å². The predicted molar refractivity (Wildman–Crippen MR) is 82.4 cm³/mol. The third-order valence-corrected chi connectivity index (χ3v) is 3.31. The predicted octanol–water partition coefficient (Wildman–Crippen LogP) is 2.58. The molecular formula is C14H19BrN2O3. The Hall–Kier alpha value is -1.56. The monoisotopic (exact) mass is 342 g/mol. The van der Waals surface area contributed by atoms with E-state index in [-0.39, 0.29) is 12.5 Å². The zero-order chi connectivity index (χ0) is 15.3. The Kier molecular flexibility index (Phi) is 5.56. The van der Waals surface area contributed by atoms with Crippen molar-refractivity contribution in [2.45, 2.75) is 20.8 Å². The standard InChI is InChI=1S/C14H19BrN2O3/c1-4-20-13(19)14(2,3)8-17(9-18)12-6-5-10(15)7-11(12)16/h5-7,9H,4,8,16H2,1-3H3. The van der Waals surface area contributed by atoms with E-state index in [4.69, 9.17) is 10.5 Å². The molecule has 0 fully saturated rings. The number of hydrogen-bond donors (Lipinski definition) is 1. The van der Waals surface area contributed by atoms with Gasteiger partial charge in [-0.2, -0.15) is 0 Å². The van der Waals surface area contributed by atoms with E-state index in [0.29, 0.717) is 24.4 Å². The van der Waals surface area contributed by atoms with Crippen molar-refractivity contribution in [3.8, 4) is 0 Å². The van der Waals surface area contributed by atoms with E-state index >= 15 is 0 Å². The largest absolute Gasteiger partial charge is 0.466 e. The Morgan fingerprint density at radius 1 is 1.50 bits per heavy atom. The van der Waals surface area contributed by atoms with Gasteiger partial charge in [-0.05, 0) is 39.0 Å². The molecule has 20 heavy (non-hydrogen) atoms. The van der Waals surface area contributed by atoms with E-state index in [2.05, 4.69) is 15.9 Å². The van der Waals surface area contributed by atoms with E-state index in [1.807, 2.05) is 0 Å². The minimum Gasteiger partial charge on any atom is -0.466 e. The van der Waals surface area contributed by atoms with Crippen molar-refractivity contribution in [1.82, 2.24) is 0 Å². The second kappa shape index (κ2) is 6.74. The van der Waals surface area contributed by atoms with Crippen LogP contribution in [0.2, 0.25) is 0 Å². The average molecular weight is 343 g/mol. The maximum Gasteiger partial charge on any atom is 0.313 e. The topological polar surface area (TPSA) is 72.6 Å². The van der Waals surface area contributed by atoms with Crippen LogP contribution < -0.4 is 10.6 Å². The number of hydrogen-bond acceptors (Lipinski definition) is 4. The number of nitrogens with two attached hydrogens (primary N) is 1. The molecule has 0 aliphatic heterocycles. The summed E-state index contributed by atoms with van der Waals surface area (Å²) >= 11 is 3.31. The van der Waals surface area contributed by atoms with Crippen LogP contribution in [0.15, 0.2) is 22.7 Å². The molecule has 1 aromatic rings. The number of carbonyl (C=O) groups is 2. The highest BCUT2D eigenvalue weighted by molar-refractivity contribution is 9.10. The molecule has 2 N–H and O–H groups in total. The summed E-state index contributed by atoms with van der Waals surface area (Å²) in [5, 5.41) is 0. The fraction of sp³-hybridized carbons (Fsp3) is 0.429. The highest BCUT2D eigenvalue weighted by atomic mass is 79.9. The first-order valence-electron chi connectivity index (χ1n) is 6.26. The number of benzene rings is 1. The number of anilines is 2. The van der Waals surface area contributed by atoms with Crippen LogP contribution in [0, 0.1) is 5.41 Å². The van der Waals surface area contributed by atoms with Crippen molar-refractivity contribution in [3.63, 3.8) is 0 Å². The van der Waals surface area contributed by atoms with Gasteiger partial charge in [-0.1, -0.05) is 15.9 Å². The molecular weight excluding hydrogens is 324 g/mol. The van der Waals surface area contributed by atoms with Gasteiger partial charge in [0.25, 0.3) is 0 Å². The minimum absolute atomic E-state index is 0.196. The second-order valence-corrected chi connectivity index (χ2v) is 5.96. The number of rotatable bonds is 6. The summed E-state index contributed by atoms with van der Waals surface area (Å²) in [6, 6.07) is 5.23. The van der Waals surface area contributed by atoms with Crippen molar-refractivity contribution in [2.75, 3.05) is 23.8 Å². The lowest BCUT2D eigenvalue weighted by Crippen LogP contribution is -2.40. The second-order valence-electron chi connectivity index (χ2n) is 5.04. The van der Waals surface area contributed by atoms with Crippen molar-refractivity contribution in [2.24, 2.45) is 5.41 Å². The molecule has 6 heteroatoms. The Morgan fingerprint density at radius 3 is 2.65 bits per heavy atom. The number of nitrogens with zero attached hydrogens (tertiary/aromatic N) is 1. The van der Waals surface area contributed by atoms with E-state index in [1.165, 1.54) is 4.90 Å². The van der Waals surface area contributed by atoms with Crippen LogP contribution in [-0.4, -0.2) is 25.5 Å². The number of halogens is 1. The maximum absolute atomic E-state index is 11.9. The quantitative estimate of drug-likeness (QED) is 0.490. The highest BCUT2D eigenvalue weighted by Gasteiger charge is 2.32. The normalized spacial score (nSPS) is 11.0. The molecule has 1 rings (SSSR count). The fourth-order valence-electron chi connectivity index (χ4n) is 1.78. The Bertz CT molecular complexity index is 503. The Labute approximate surface area is 127 Å². The summed E-state index contributed by atoms with van der Waals surface area (Å²) in [5.41, 5.74) is 6.13. The van der Waals surface area contributed by atoms with Crippen LogP contribution >= 0.6 is 15.9 Å². The van der Waals surface area contributed by atoms with Gasteiger partial charge in [0.05, 0.1) is 23.4 Å². The summed E-state index contributed by atoms with van der Waals surface area (Å²) in [4.78, 5) is 24.6. The molecule has 0 aromatic heterocycles.